The van der Waals surface area contributed by atoms with Crippen molar-refractivity contribution in [1.82, 2.24) is 19.8 Å². The Bertz CT molecular complexity index is 936. The van der Waals surface area contributed by atoms with Crippen LogP contribution in [0.2, 0.25) is 0 Å². The molecular weight excluding hydrogens is 351 g/mol. The Morgan fingerprint density at radius 2 is 2.15 bits per heavy atom. The van der Waals surface area contributed by atoms with Crippen LogP contribution in [-0.2, 0) is 11.8 Å². The van der Waals surface area contributed by atoms with Gasteiger partial charge in [-0.2, -0.15) is 0 Å². The second kappa shape index (κ2) is 7.86. The monoisotopic (exact) mass is 370 g/mol. The second-order valence-corrected chi connectivity index (χ2v) is 6.09. The maximum atomic E-state index is 13.7. The van der Waals surface area contributed by atoms with E-state index in [1.165, 1.54) is 36.4 Å². The van der Waals surface area contributed by atoms with Crippen LogP contribution in [0.25, 0.3) is 0 Å². The van der Waals surface area contributed by atoms with Crippen molar-refractivity contribution in [2.45, 2.75) is 6.04 Å². The Morgan fingerprint density at radius 1 is 1.33 bits per heavy atom. The minimum absolute atomic E-state index is 0.149. The minimum Gasteiger partial charge on any atom is -0.459 e. The Balaban J connectivity index is 1.77. The number of hydrogen-bond donors (Lipinski definition) is 1. The van der Waals surface area contributed by atoms with E-state index in [1.54, 1.807) is 42.2 Å². The molecule has 0 aliphatic rings. The topological polar surface area (TPSA) is 80.4 Å². The third-order valence-electron chi connectivity index (χ3n) is 4.06. The number of carbonyl (C=O) groups excluding carboxylic acids is 2. The van der Waals surface area contributed by atoms with E-state index >= 15 is 0 Å². The molecule has 2 aromatic heterocycles. The van der Waals surface area contributed by atoms with Gasteiger partial charge in [0.15, 0.2) is 5.76 Å². The molecule has 0 aliphatic heterocycles. The van der Waals surface area contributed by atoms with E-state index in [0.717, 1.165) is 0 Å². The summed E-state index contributed by atoms with van der Waals surface area (Å²) in [4.78, 5) is 30.3. The summed E-state index contributed by atoms with van der Waals surface area (Å²) in [6.45, 7) is -0.185. The van der Waals surface area contributed by atoms with Crippen molar-refractivity contribution in [1.29, 1.82) is 0 Å². The van der Waals surface area contributed by atoms with E-state index < -0.39 is 23.7 Å². The summed E-state index contributed by atoms with van der Waals surface area (Å²) in [7, 11) is 3.29. The average Bonchev–Trinajstić information content (AvgIpc) is 3.31. The van der Waals surface area contributed by atoms with E-state index in [0.29, 0.717) is 11.4 Å². The minimum atomic E-state index is -0.652. The molecular formula is C19H19FN4O3. The van der Waals surface area contributed by atoms with Gasteiger partial charge in [0.2, 0.25) is 5.91 Å². The number of hydrogen-bond acceptors (Lipinski definition) is 4. The zero-order valence-electron chi connectivity index (χ0n) is 14.9. The van der Waals surface area contributed by atoms with Gasteiger partial charge in [-0.25, -0.2) is 9.37 Å². The van der Waals surface area contributed by atoms with Gasteiger partial charge in [-0.15, -0.1) is 0 Å². The molecule has 140 valence electrons. The van der Waals surface area contributed by atoms with E-state index in [9.17, 15) is 14.0 Å². The highest BCUT2D eigenvalue weighted by atomic mass is 19.1. The Labute approximate surface area is 155 Å². The first-order chi connectivity index (χ1) is 13.0. The van der Waals surface area contributed by atoms with Crippen LogP contribution in [0.3, 0.4) is 0 Å². The fourth-order valence-corrected chi connectivity index (χ4v) is 2.72. The lowest BCUT2D eigenvalue weighted by Gasteiger charge is -2.21. The van der Waals surface area contributed by atoms with Gasteiger partial charge in [0, 0.05) is 26.5 Å². The molecule has 2 amide bonds. The first kappa shape index (κ1) is 18.4. The van der Waals surface area contributed by atoms with E-state index in [4.69, 9.17) is 4.42 Å². The largest absolute Gasteiger partial charge is 0.459 e. The molecule has 8 heteroatoms. The number of rotatable bonds is 6. The van der Waals surface area contributed by atoms with Gasteiger partial charge in [-0.05, 0) is 29.8 Å². The highest BCUT2D eigenvalue weighted by molar-refractivity contribution is 5.94. The van der Waals surface area contributed by atoms with Gasteiger partial charge in [0.05, 0.1) is 12.8 Å². The van der Waals surface area contributed by atoms with Crippen molar-refractivity contribution in [3.8, 4) is 0 Å². The first-order valence-electron chi connectivity index (χ1n) is 8.26. The zero-order valence-corrected chi connectivity index (χ0v) is 14.9. The number of imidazole rings is 1. The summed E-state index contributed by atoms with van der Waals surface area (Å²) >= 11 is 0. The smallest absolute Gasteiger partial charge is 0.289 e. The van der Waals surface area contributed by atoms with Gasteiger partial charge >= 0.3 is 0 Å². The van der Waals surface area contributed by atoms with Crippen molar-refractivity contribution >= 4 is 11.8 Å². The summed E-state index contributed by atoms with van der Waals surface area (Å²) < 4.78 is 20.5. The lowest BCUT2D eigenvalue weighted by Crippen LogP contribution is -2.40. The molecule has 1 unspecified atom stereocenters. The highest BCUT2D eigenvalue weighted by Crippen LogP contribution is 2.21. The molecule has 3 rings (SSSR count). The number of benzene rings is 1. The molecule has 0 bridgehead atoms. The summed E-state index contributed by atoms with van der Waals surface area (Å²) in [5, 5.41) is 2.82. The number of aryl methyl sites for hydroxylation is 1. The van der Waals surface area contributed by atoms with E-state index in [1.807, 2.05) is 0 Å². The number of nitrogens with zero attached hydrogens (tertiary/aromatic N) is 3. The maximum absolute atomic E-state index is 13.7. The Morgan fingerprint density at radius 3 is 2.78 bits per heavy atom. The molecule has 1 atom stereocenters. The van der Waals surface area contributed by atoms with E-state index in [-0.39, 0.29) is 12.3 Å². The maximum Gasteiger partial charge on any atom is 0.289 e. The molecule has 27 heavy (non-hydrogen) atoms. The van der Waals surface area contributed by atoms with Crippen molar-refractivity contribution in [3.05, 3.63) is 78.0 Å². The number of furan rings is 1. The van der Waals surface area contributed by atoms with Gasteiger partial charge in [-0.1, -0.05) is 12.1 Å². The molecule has 0 saturated heterocycles. The normalized spacial score (nSPS) is 11.8. The van der Waals surface area contributed by atoms with Gasteiger partial charge in [0.1, 0.15) is 17.7 Å². The number of aromatic nitrogens is 2. The quantitative estimate of drug-likeness (QED) is 0.721. The Kier molecular flexibility index (Phi) is 5.35. The van der Waals surface area contributed by atoms with Crippen molar-refractivity contribution in [2.24, 2.45) is 7.05 Å². The number of nitrogens with one attached hydrogen (secondary N) is 1. The van der Waals surface area contributed by atoms with Crippen LogP contribution < -0.4 is 5.32 Å². The van der Waals surface area contributed by atoms with Crippen molar-refractivity contribution in [3.63, 3.8) is 0 Å². The standard InChI is InChI=1S/C19H19FN4O3/c1-23-9-8-21-18(23)17(13-5-3-6-14(20)11-13)22-16(25)12-24(2)19(26)15-7-4-10-27-15/h3-11,17H,12H2,1-2H3,(H,22,25). The molecule has 0 aliphatic carbocycles. The number of likely N-dealkylation sites (N-methyl/N-ethyl adjacent to an activating group) is 1. The van der Waals surface area contributed by atoms with Crippen LogP contribution in [0.15, 0.2) is 59.5 Å². The predicted octanol–water partition coefficient (Wildman–Crippen LogP) is 2.13. The van der Waals surface area contributed by atoms with Crippen LogP contribution >= 0.6 is 0 Å². The second-order valence-electron chi connectivity index (χ2n) is 6.09. The lowest BCUT2D eigenvalue weighted by molar-refractivity contribution is -0.122. The highest BCUT2D eigenvalue weighted by Gasteiger charge is 2.23. The molecule has 7 nitrogen and oxygen atoms in total. The van der Waals surface area contributed by atoms with Gasteiger partial charge in [-0.3, -0.25) is 9.59 Å². The average molecular weight is 370 g/mol. The number of amides is 2. The molecule has 0 radical (unpaired) electrons. The molecule has 2 heterocycles. The van der Waals surface area contributed by atoms with E-state index in [2.05, 4.69) is 10.3 Å². The molecule has 0 spiro atoms. The summed E-state index contributed by atoms with van der Waals surface area (Å²) in [5.74, 6) is -0.528. The summed E-state index contributed by atoms with van der Waals surface area (Å²) in [6, 6.07) is 8.43. The van der Waals surface area contributed by atoms with Gasteiger partial charge in [0.25, 0.3) is 5.91 Å². The number of carbonyl (C=O) groups is 2. The van der Waals surface area contributed by atoms with Crippen LogP contribution in [0.5, 0.6) is 0 Å². The zero-order chi connectivity index (χ0) is 19.4. The molecule has 1 aromatic carbocycles. The lowest BCUT2D eigenvalue weighted by atomic mass is 10.1. The molecule has 0 fully saturated rings. The molecule has 1 N–H and O–H groups in total. The third kappa shape index (κ3) is 4.22. The number of halogens is 1. The SMILES string of the molecule is CN(CC(=O)NC(c1cccc(F)c1)c1nccn1C)C(=O)c1ccco1. The van der Waals surface area contributed by atoms with Crippen LogP contribution in [0, 0.1) is 5.82 Å². The summed E-state index contributed by atoms with van der Waals surface area (Å²) in [6.07, 6.45) is 4.73. The van der Waals surface area contributed by atoms with Gasteiger partial charge < -0.3 is 19.2 Å². The summed E-state index contributed by atoms with van der Waals surface area (Å²) in [5.41, 5.74) is 0.553. The molecule has 3 aromatic rings. The van der Waals surface area contributed by atoms with Crippen molar-refractivity contribution in [2.75, 3.05) is 13.6 Å². The van der Waals surface area contributed by atoms with Crippen LogP contribution in [0.4, 0.5) is 4.39 Å². The fraction of sp³-hybridized carbons (Fsp3) is 0.211. The van der Waals surface area contributed by atoms with Crippen LogP contribution in [-0.4, -0.2) is 39.9 Å². The third-order valence-corrected chi connectivity index (χ3v) is 4.06. The predicted molar refractivity (Wildman–Crippen MR) is 95.3 cm³/mol. The Hall–Kier alpha value is -3.42. The first-order valence-corrected chi connectivity index (χ1v) is 8.26. The van der Waals surface area contributed by atoms with Crippen LogP contribution in [0.1, 0.15) is 28.0 Å². The molecule has 0 saturated carbocycles. The van der Waals surface area contributed by atoms with Crippen molar-refractivity contribution < 1.29 is 18.4 Å². The fourth-order valence-electron chi connectivity index (χ4n) is 2.72.